The number of benzene rings is 1. The first-order chi connectivity index (χ1) is 10.3. The van der Waals surface area contributed by atoms with E-state index in [1.54, 1.807) is 30.3 Å². The Balaban J connectivity index is 1.73. The van der Waals surface area contributed by atoms with E-state index in [9.17, 15) is 4.79 Å². The monoisotopic (exact) mass is 286 g/mol. The van der Waals surface area contributed by atoms with E-state index in [2.05, 4.69) is 27.1 Å². The van der Waals surface area contributed by atoms with Crippen LogP contribution in [-0.4, -0.2) is 34.2 Å². The summed E-state index contributed by atoms with van der Waals surface area (Å²) in [7, 11) is 0. The Labute approximate surface area is 123 Å². The Kier molecular flexibility index (Phi) is 5.51. The van der Waals surface area contributed by atoms with Gasteiger partial charge in [0.25, 0.3) is 5.91 Å². The fraction of sp³-hybridized carbons (Fsp3) is 0.267. The quantitative estimate of drug-likeness (QED) is 0.572. The molecule has 0 saturated carbocycles. The molecule has 6 heteroatoms. The molecule has 1 aromatic heterocycles. The molecule has 110 valence electrons. The van der Waals surface area contributed by atoms with E-state index in [0.29, 0.717) is 18.7 Å². The summed E-state index contributed by atoms with van der Waals surface area (Å²) in [6.45, 7) is 4.63. The Morgan fingerprint density at radius 1 is 1.38 bits per heavy atom. The Morgan fingerprint density at radius 3 is 2.86 bits per heavy atom. The largest absolute Gasteiger partial charge is 0.490 e. The molecule has 0 atom stereocenters. The van der Waals surface area contributed by atoms with Crippen LogP contribution in [0.1, 0.15) is 22.6 Å². The molecular formula is C15H18N4O2. The number of rotatable bonds is 8. The van der Waals surface area contributed by atoms with E-state index in [4.69, 9.17) is 4.74 Å². The number of aromatic amines is 1. The van der Waals surface area contributed by atoms with E-state index in [-0.39, 0.29) is 5.91 Å². The van der Waals surface area contributed by atoms with Crippen LogP contribution in [-0.2, 0) is 6.42 Å². The van der Waals surface area contributed by atoms with Gasteiger partial charge in [-0.3, -0.25) is 9.89 Å². The zero-order valence-corrected chi connectivity index (χ0v) is 11.7. The number of amides is 1. The lowest BCUT2D eigenvalue weighted by Crippen LogP contribution is -2.24. The number of nitrogens with one attached hydrogen (secondary N) is 2. The minimum absolute atomic E-state index is 0.0946. The minimum atomic E-state index is -0.0946. The van der Waals surface area contributed by atoms with Crippen LogP contribution in [0.5, 0.6) is 5.75 Å². The van der Waals surface area contributed by atoms with Gasteiger partial charge in [-0.2, -0.15) is 5.10 Å². The highest BCUT2D eigenvalue weighted by Gasteiger charge is 2.05. The second kappa shape index (κ2) is 7.84. The number of ether oxygens (including phenoxy) is 1. The Morgan fingerprint density at radius 2 is 2.19 bits per heavy atom. The predicted molar refractivity (Wildman–Crippen MR) is 79.2 cm³/mol. The third-order valence-corrected chi connectivity index (χ3v) is 2.83. The summed E-state index contributed by atoms with van der Waals surface area (Å²) in [5, 5.41) is 9.42. The summed E-state index contributed by atoms with van der Waals surface area (Å²) in [6.07, 6.45) is 4.72. The zero-order chi connectivity index (χ0) is 14.9. The maximum absolute atomic E-state index is 11.9. The van der Waals surface area contributed by atoms with Crippen molar-refractivity contribution >= 4 is 5.91 Å². The van der Waals surface area contributed by atoms with Gasteiger partial charge in [-0.15, -0.1) is 0 Å². The van der Waals surface area contributed by atoms with Crippen LogP contribution >= 0.6 is 0 Å². The molecule has 1 aromatic carbocycles. The highest BCUT2D eigenvalue weighted by atomic mass is 16.5. The van der Waals surface area contributed by atoms with Crippen molar-refractivity contribution < 1.29 is 9.53 Å². The van der Waals surface area contributed by atoms with Crippen LogP contribution in [0.2, 0.25) is 0 Å². The van der Waals surface area contributed by atoms with Gasteiger partial charge in [-0.1, -0.05) is 12.7 Å². The van der Waals surface area contributed by atoms with Crippen molar-refractivity contribution in [2.24, 2.45) is 0 Å². The van der Waals surface area contributed by atoms with Crippen LogP contribution in [0.15, 0.2) is 43.2 Å². The standard InChI is InChI=1S/C15H18N4O2/c1-2-10-21-13-7-5-12(6-8-13)15(20)16-9-3-4-14-17-11-18-19-14/h2,5-8,11H,1,3-4,9-10H2,(H,16,20)(H,17,18,19). The normalized spacial score (nSPS) is 10.1. The Bertz CT molecular complexity index is 564. The lowest BCUT2D eigenvalue weighted by Gasteiger charge is -2.06. The summed E-state index contributed by atoms with van der Waals surface area (Å²) < 4.78 is 5.36. The molecule has 0 radical (unpaired) electrons. The second-order valence-corrected chi connectivity index (χ2v) is 4.42. The molecule has 2 rings (SSSR count). The first kappa shape index (κ1) is 14.8. The highest BCUT2D eigenvalue weighted by Crippen LogP contribution is 2.12. The van der Waals surface area contributed by atoms with Gasteiger partial charge in [0.15, 0.2) is 0 Å². The van der Waals surface area contributed by atoms with Crippen molar-refractivity contribution in [2.75, 3.05) is 13.2 Å². The zero-order valence-electron chi connectivity index (χ0n) is 11.7. The van der Waals surface area contributed by atoms with Crippen LogP contribution in [0, 0.1) is 0 Å². The molecule has 0 aliphatic carbocycles. The Hall–Kier alpha value is -2.63. The van der Waals surface area contributed by atoms with Crippen LogP contribution in [0.3, 0.4) is 0 Å². The van der Waals surface area contributed by atoms with E-state index >= 15 is 0 Å². The molecule has 1 amide bonds. The first-order valence-corrected chi connectivity index (χ1v) is 6.76. The van der Waals surface area contributed by atoms with Gasteiger partial charge in [0, 0.05) is 18.5 Å². The molecule has 0 spiro atoms. The predicted octanol–water partition coefficient (Wildman–Crippen LogP) is 1.73. The summed E-state index contributed by atoms with van der Waals surface area (Å²) in [6, 6.07) is 7.02. The molecule has 0 unspecified atom stereocenters. The van der Waals surface area contributed by atoms with E-state index < -0.39 is 0 Å². The molecule has 0 aliphatic heterocycles. The van der Waals surface area contributed by atoms with E-state index in [1.165, 1.54) is 6.33 Å². The van der Waals surface area contributed by atoms with Gasteiger partial charge >= 0.3 is 0 Å². The third-order valence-electron chi connectivity index (χ3n) is 2.83. The average Bonchev–Trinajstić information content (AvgIpc) is 3.03. The number of nitrogens with zero attached hydrogens (tertiary/aromatic N) is 2. The lowest BCUT2D eigenvalue weighted by atomic mass is 10.2. The van der Waals surface area contributed by atoms with Crippen LogP contribution in [0.4, 0.5) is 0 Å². The number of carbonyl (C=O) groups excluding carboxylic acids is 1. The van der Waals surface area contributed by atoms with Crippen molar-refractivity contribution in [3.05, 3.63) is 54.6 Å². The molecule has 21 heavy (non-hydrogen) atoms. The average molecular weight is 286 g/mol. The van der Waals surface area contributed by atoms with Crippen molar-refractivity contribution in [1.29, 1.82) is 0 Å². The van der Waals surface area contributed by atoms with E-state index in [0.717, 1.165) is 24.4 Å². The van der Waals surface area contributed by atoms with Crippen molar-refractivity contribution in [1.82, 2.24) is 20.5 Å². The van der Waals surface area contributed by atoms with Gasteiger partial charge in [-0.05, 0) is 30.7 Å². The molecule has 2 N–H and O–H groups in total. The van der Waals surface area contributed by atoms with Crippen LogP contribution < -0.4 is 10.1 Å². The molecule has 0 saturated heterocycles. The summed E-state index contributed by atoms with van der Waals surface area (Å²) in [5.74, 6) is 1.45. The summed E-state index contributed by atoms with van der Waals surface area (Å²) in [4.78, 5) is 16.0. The van der Waals surface area contributed by atoms with Gasteiger partial charge < -0.3 is 10.1 Å². The van der Waals surface area contributed by atoms with Crippen molar-refractivity contribution in [2.45, 2.75) is 12.8 Å². The number of hydrogen-bond acceptors (Lipinski definition) is 4. The fourth-order valence-corrected chi connectivity index (χ4v) is 1.77. The van der Waals surface area contributed by atoms with Crippen molar-refractivity contribution in [3.8, 4) is 5.75 Å². The SMILES string of the molecule is C=CCOc1ccc(C(=O)NCCCc2ncn[nH]2)cc1. The van der Waals surface area contributed by atoms with Gasteiger partial charge in [0.2, 0.25) is 0 Å². The van der Waals surface area contributed by atoms with Gasteiger partial charge in [-0.25, -0.2) is 4.98 Å². The molecule has 0 bridgehead atoms. The maximum atomic E-state index is 11.9. The number of hydrogen-bond donors (Lipinski definition) is 2. The molecule has 6 nitrogen and oxygen atoms in total. The maximum Gasteiger partial charge on any atom is 0.251 e. The van der Waals surface area contributed by atoms with Gasteiger partial charge in [0.1, 0.15) is 24.5 Å². The summed E-state index contributed by atoms with van der Waals surface area (Å²) in [5.41, 5.74) is 0.612. The van der Waals surface area contributed by atoms with Crippen molar-refractivity contribution in [3.63, 3.8) is 0 Å². The number of carbonyl (C=O) groups is 1. The number of aryl methyl sites for hydroxylation is 1. The topological polar surface area (TPSA) is 79.9 Å². The second-order valence-electron chi connectivity index (χ2n) is 4.42. The molecule has 0 fully saturated rings. The molecule has 0 aliphatic rings. The number of aromatic nitrogens is 3. The third kappa shape index (κ3) is 4.76. The van der Waals surface area contributed by atoms with Crippen LogP contribution in [0.25, 0.3) is 0 Å². The fourth-order valence-electron chi connectivity index (χ4n) is 1.77. The minimum Gasteiger partial charge on any atom is -0.490 e. The highest BCUT2D eigenvalue weighted by molar-refractivity contribution is 5.94. The van der Waals surface area contributed by atoms with E-state index in [1.807, 2.05) is 0 Å². The first-order valence-electron chi connectivity index (χ1n) is 6.76. The smallest absolute Gasteiger partial charge is 0.251 e. The van der Waals surface area contributed by atoms with Gasteiger partial charge in [0.05, 0.1) is 0 Å². The molecule has 1 heterocycles. The number of H-pyrrole nitrogens is 1. The lowest BCUT2D eigenvalue weighted by molar-refractivity contribution is 0.0953. The summed E-state index contributed by atoms with van der Waals surface area (Å²) >= 11 is 0. The molecular weight excluding hydrogens is 268 g/mol. The molecule has 2 aromatic rings.